The Balaban J connectivity index is 2.31. The van der Waals surface area contributed by atoms with Crippen LogP contribution in [-0.2, 0) is 5.88 Å². The van der Waals surface area contributed by atoms with Crippen molar-refractivity contribution in [2.45, 2.75) is 5.88 Å². The van der Waals surface area contributed by atoms with Crippen molar-refractivity contribution in [3.05, 3.63) is 63.2 Å². The van der Waals surface area contributed by atoms with Crippen molar-refractivity contribution >= 4 is 28.9 Å². The van der Waals surface area contributed by atoms with Gasteiger partial charge in [0.2, 0.25) is 5.75 Å². The first-order valence-corrected chi connectivity index (χ1v) is 6.28. The summed E-state index contributed by atoms with van der Waals surface area (Å²) in [6, 6.07) is 11.1. The van der Waals surface area contributed by atoms with Crippen LogP contribution in [0.15, 0.2) is 42.5 Å². The van der Waals surface area contributed by atoms with Gasteiger partial charge in [0, 0.05) is 17.0 Å². The SMILES string of the molecule is O=[N+]([O-])c1ccccc1Oc1ccc(CCl)c(Cl)c1. The van der Waals surface area contributed by atoms with Gasteiger partial charge in [-0.05, 0) is 23.8 Å². The number of nitro benzene ring substituents is 1. The van der Waals surface area contributed by atoms with Gasteiger partial charge in [-0.2, -0.15) is 0 Å². The van der Waals surface area contributed by atoms with Crippen LogP contribution in [0, 0.1) is 10.1 Å². The van der Waals surface area contributed by atoms with E-state index in [0.29, 0.717) is 16.7 Å². The first kappa shape index (κ1) is 13.6. The molecule has 6 heteroatoms. The fraction of sp³-hybridized carbons (Fsp3) is 0.0769. The minimum Gasteiger partial charge on any atom is -0.450 e. The third-order valence-corrected chi connectivity index (χ3v) is 3.10. The van der Waals surface area contributed by atoms with Crippen LogP contribution >= 0.6 is 23.2 Å². The minimum absolute atomic E-state index is 0.0972. The lowest BCUT2D eigenvalue weighted by Gasteiger charge is -2.07. The van der Waals surface area contributed by atoms with Crippen molar-refractivity contribution in [1.29, 1.82) is 0 Å². The molecule has 0 aliphatic carbocycles. The van der Waals surface area contributed by atoms with E-state index in [2.05, 4.69) is 0 Å². The molecule has 0 saturated heterocycles. The lowest BCUT2D eigenvalue weighted by atomic mass is 10.2. The summed E-state index contributed by atoms with van der Waals surface area (Å²) in [5.74, 6) is 0.889. The Labute approximate surface area is 119 Å². The first-order valence-electron chi connectivity index (χ1n) is 5.37. The lowest BCUT2D eigenvalue weighted by Crippen LogP contribution is -1.93. The molecule has 0 amide bonds. The largest absolute Gasteiger partial charge is 0.450 e. The molecule has 2 aromatic carbocycles. The smallest absolute Gasteiger partial charge is 0.311 e. The molecule has 0 heterocycles. The van der Waals surface area contributed by atoms with Crippen molar-refractivity contribution in [3.8, 4) is 11.5 Å². The topological polar surface area (TPSA) is 52.4 Å². The molecule has 0 spiro atoms. The molecule has 0 N–H and O–H groups in total. The summed E-state index contributed by atoms with van der Waals surface area (Å²) >= 11 is 11.7. The number of nitrogens with zero attached hydrogens (tertiary/aromatic N) is 1. The fourth-order valence-corrected chi connectivity index (χ4v) is 2.06. The highest BCUT2D eigenvalue weighted by atomic mass is 35.5. The zero-order valence-corrected chi connectivity index (χ0v) is 11.2. The predicted octanol–water partition coefficient (Wildman–Crippen LogP) is 4.78. The molecule has 0 radical (unpaired) electrons. The average Bonchev–Trinajstić information content (AvgIpc) is 2.39. The van der Waals surface area contributed by atoms with Crippen molar-refractivity contribution in [2.24, 2.45) is 0 Å². The molecule has 2 rings (SSSR count). The van der Waals surface area contributed by atoms with Gasteiger partial charge in [0.25, 0.3) is 0 Å². The van der Waals surface area contributed by atoms with E-state index in [1.165, 1.54) is 12.1 Å². The molecular formula is C13H9Cl2NO3. The first-order chi connectivity index (χ1) is 9.11. The summed E-state index contributed by atoms with van der Waals surface area (Å²) in [6.45, 7) is 0. The highest BCUT2D eigenvalue weighted by molar-refractivity contribution is 6.32. The fourth-order valence-electron chi connectivity index (χ4n) is 1.52. The third-order valence-electron chi connectivity index (χ3n) is 2.46. The highest BCUT2D eigenvalue weighted by Gasteiger charge is 2.14. The lowest BCUT2D eigenvalue weighted by molar-refractivity contribution is -0.385. The molecule has 19 heavy (non-hydrogen) atoms. The van der Waals surface area contributed by atoms with Gasteiger partial charge >= 0.3 is 5.69 Å². The summed E-state index contributed by atoms with van der Waals surface area (Å²) in [7, 11) is 0. The van der Waals surface area contributed by atoms with Crippen LogP contribution in [0.3, 0.4) is 0 Å². The summed E-state index contributed by atoms with van der Waals surface area (Å²) in [4.78, 5) is 10.4. The Morgan fingerprint density at radius 2 is 1.95 bits per heavy atom. The molecular weight excluding hydrogens is 289 g/mol. The van der Waals surface area contributed by atoms with E-state index in [-0.39, 0.29) is 11.4 Å². The maximum atomic E-state index is 10.9. The zero-order valence-electron chi connectivity index (χ0n) is 9.68. The van der Waals surface area contributed by atoms with E-state index in [4.69, 9.17) is 27.9 Å². The Hall–Kier alpha value is -1.78. The van der Waals surface area contributed by atoms with Gasteiger partial charge in [0.05, 0.1) is 4.92 Å². The van der Waals surface area contributed by atoms with E-state index in [0.717, 1.165) is 5.56 Å². The summed E-state index contributed by atoms with van der Waals surface area (Å²) in [6.07, 6.45) is 0. The molecule has 0 aliphatic heterocycles. The molecule has 0 atom stereocenters. The molecule has 0 fully saturated rings. The number of hydrogen-bond acceptors (Lipinski definition) is 3. The Kier molecular flexibility index (Phi) is 4.24. The molecule has 98 valence electrons. The Morgan fingerprint density at radius 1 is 1.21 bits per heavy atom. The number of nitro groups is 1. The second-order valence-electron chi connectivity index (χ2n) is 3.71. The van der Waals surface area contributed by atoms with Crippen molar-refractivity contribution in [1.82, 2.24) is 0 Å². The van der Waals surface area contributed by atoms with E-state index < -0.39 is 4.92 Å². The molecule has 0 aliphatic rings. The molecule has 4 nitrogen and oxygen atoms in total. The van der Waals surface area contributed by atoms with Gasteiger partial charge in [-0.3, -0.25) is 10.1 Å². The average molecular weight is 298 g/mol. The van der Waals surface area contributed by atoms with E-state index in [1.54, 1.807) is 30.3 Å². The van der Waals surface area contributed by atoms with Crippen LogP contribution in [0.2, 0.25) is 5.02 Å². The van der Waals surface area contributed by atoms with Gasteiger partial charge in [0.1, 0.15) is 5.75 Å². The number of hydrogen-bond donors (Lipinski definition) is 0. The van der Waals surface area contributed by atoms with Crippen molar-refractivity contribution in [2.75, 3.05) is 0 Å². The van der Waals surface area contributed by atoms with Crippen LogP contribution in [0.1, 0.15) is 5.56 Å². The van der Waals surface area contributed by atoms with Crippen LogP contribution in [0.5, 0.6) is 11.5 Å². The second-order valence-corrected chi connectivity index (χ2v) is 4.39. The van der Waals surface area contributed by atoms with Crippen molar-refractivity contribution in [3.63, 3.8) is 0 Å². The maximum Gasteiger partial charge on any atom is 0.311 e. The van der Waals surface area contributed by atoms with E-state index >= 15 is 0 Å². The van der Waals surface area contributed by atoms with Gasteiger partial charge < -0.3 is 4.74 Å². The number of ether oxygens (including phenoxy) is 1. The Bertz CT molecular complexity index is 617. The standard InChI is InChI=1S/C13H9Cl2NO3/c14-8-9-5-6-10(7-11(9)15)19-13-4-2-1-3-12(13)16(17)18/h1-7H,8H2. The molecule has 0 bridgehead atoms. The van der Waals surface area contributed by atoms with Gasteiger partial charge in [0.15, 0.2) is 0 Å². The van der Waals surface area contributed by atoms with Crippen molar-refractivity contribution < 1.29 is 9.66 Å². The number of para-hydroxylation sites is 2. The number of halogens is 2. The van der Waals surface area contributed by atoms with Crippen LogP contribution in [-0.4, -0.2) is 4.92 Å². The number of alkyl halides is 1. The molecule has 0 unspecified atom stereocenters. The minimum atomic E-state index is -0.496. The normalized spacial score (nSPS) is 10.2. The van der Waals surface area contributed by atoms with Crippen LogP contribution < -0.4 is 4.74 Å². The Morgan fingerprint density at radius 3 is 2.58 bits per heavy atom. The quantitative estimate of drug-likeness (QED) is 0.463. The molecule has 2 aromatic rings. The summed E-state index contributed by atoms with van der Waals surface area (Å²) < 4.78 is 5.48. The third kappa shape index (κ3) is 3.16. The maximum absolute atomic E-state index is 10.9. The monoisotopic (exact) mass is 297 g/mol. The van der Waals surface area contributed by atoms with Gasteiger partial charge in [-0.15, -0.1) is 11.6 Å². The molecule has 0 saturated carbocycles. The van der Waals surface area contributed by atoms with E-state index in [1.807, 2.05) is 0 Å². The predicted molar refractivity (Wildman–Crippen MR) is 74.2 cm³/mol. The van der Waals surface area contributed by atoms with Crippen LogP contribution in [0.25, 0.3) is 0 Å². The zero-order chi connectivity index (χ0) is 13.8. The summed E-state index contributed by atoms with van der Waals surface area (Å²) in [5.41, 5.74) is 0.679. The molecule has 0 aromatic heterocycles. The van der Waals surface area contributed by atoms with Crippen LogP contribution in [0.4, 0.5) is 5.69 Å². The number of rotatable bonds is 4. The van der Waals surface area contributed by atoms with E-state index in [9.17, 15) is 10.1 Å². The number of benzene rings is 2. The summed E-state index contributed by atoms with van der Waals surface area (Å²) in [5, 5.41) is 11.3. The van der Waals surface area contributed by atoms with Gasteiger partial charge in [-0.1, -0.05) is 29.8 Å². The second kappa shape index (κ2) is 5.91. The highest BCUT2D eigenvalue weighted by Crippen LogP contribution is 2.32. The van der Waals surface area contributed by atoms with Gasteiger partial charge in [-0.25, -0.2) is 0 Å².